The van der Waals surface area contributed by atoms with E-state index >= 15 is 0 Å². The van der Waals surface area contributed by atoms with Crippen LogP contribution in [0.5, 0.6) is 0 Å². The fourth-order valence-electron chi connectivity index (χ4n) is 6.16. The summed E-state index contributed by atoms with van der Waals surface area (Å²) < 4.78 is 6.26. The number of aliphatic hydroxyl groups is 1. The molecule has 9 heteroatoms. The van der Waals surface area contributed by atoms with Crippen molar-refractivity contribution < 1.29 is 29.3 Å². The highest BCUT2D eigenvalue weighted by molar-refractivity contribution is 6.34. The third-order valence-corrected chi connectivity index (χ3v) is 7.91. The molecule has 2 N–H and O–H groups in total. The highest BCUT2D eigenvalue weighted by Crippen LogP contribution is 2.59. The average Bonchev–Trinajstić information content (AvgIpc) is 3.41. The van der Waals surface area contributed by atoms with Crippen LogP contribution in [0.1, 0.15) is 32.3 Å². The number of amides is 2. The quantitative estimate of drug-likeness (QED) is 0.542. The number of hydrogen-bond acceptors (Lipinski definition) is 5. The van der Waals surface area contributed by atoms with Crippen LogP contribution in [0.4, 0.5) is 5.69 Å². The second kappa shape index (κ2) is 8.98. The normalized spacial score (nSPS) is 30.5. The number of nitrogens with zero attached hydrogens (tertiary/aromatic N) is 2. The zero-order chi connectivity index (χ0) is 24.9. The van der Waals surface area contributed by atoms with Crippen molar-refractivity contribution in [2.45, 2.75) is 57.4 Å². The first-order valence-corrected chi connectivity index (χ1v) is 12.0. The van der Waals surface area contributed by atoms with E-state index in [9.17, 15) is 24.6 Å². The molecule has 0 unspecified atom stereocenters. The van der Waals surface area contributed by atoms with E-state index in [0.29, 0.717) is 23.6 Å². The fourth-order valence-corrected chi connectivity index (χ4v) is 6.49. The van der Waals surface area contributed by atoms with Gasteiger partial charge in [0, 0.05) is 6.54 Å². The van der Waals surface area contributed by atoms with Crippen molar-refractivity contribution in [1.29, 1.82) is 0 Å². The number of benzene rings is 1. The number of rotatable bonds is 8. The maximum atomic E-state index is 14.4. The number of carboxylic acid groups (broad SMARTS) is 1. The summed E-state index contributed by atoms with van der Waals surface area (Å²) in [4.78, 5) is 43.2. The second-order valence-electron chi connectivity index (χ2n) is 9.78. The summed E-state index contributed by atoms with van der Waals surface area (Å²) in [5.41, 5.74) is 0.0164. The molecule has 4 rings (SSSR count). The summed E-state index contributed by atoms with van der Waals surface area (Å²) in [5, 5.41) is 20.5. The number of ether oxygens (including phenoxy) is 1. The monoisotopic (exact) mass is 490 g/mol. The third kappa shape index (κ3) is 3.46. The highest BCUT2D eigenvalue weighted by Gasteiger charge is 2.75. The van der Waals surface area contributed by atoms with Crippen molar-refractivity contribution >= 4 is 35.1 Å². The molecule has 3 heterocycles. The van der Waals surface area contributed by atoms with Gasteiger partial charge in [-0.2, -0.15) is 0 Å². The topological polar surface area (TPSA) is 107 Å². The molecule has 3 fully saturated rings. The van der Waals surface area contributed by atoms with Crippen LogP contribution in [0.15, 0.2) is 30.9 Å². The highest BCUT2D eigenvalue weighted by atomic mass is 35.5. The van der Waals surface area contributed by atoms with Crippen LogP contribution in [0.2, 0.25) is 5.02 Å². The van der Waals surface area contributed by atoms with Crippen LogP contribution in [0.25, 0.3) is 0 Å². The van der Waals surface area contributed by atoms with Crippen molar-refractivity contribution in [3.8, 4) is 0 Å². The lowest BCUT2D eigenvalue weighted by Crippen LogP contribution is -2.60. The zero-order valence-electron chi connectivity index (χ0n) is 19.6. The molecule has 2 amide bonds. The minimum absolute atomic E-state index is 0.139. The Morgan fingerprint density at radius 3 is 2.68 bits per heavy atom. The standard InChI is InChI=1S/C25H31ClN2O6/c1-5-11-27(20-14(4)7-6-8-15(20)26)23(31)21-25-10-9-17(34-25)18(24(32)33)19(25)22(30)28(21)16(12-29)13(2)3/h5-8,13,16-19,21,29H,1,9-12H2,2-4H3,(H,32,33)/t16-,17+,18-,19-,21+,25-/m0/s1. The summed E-state index contributed by atoms with van der Waals surface area (Å²) >= 11 is 6.51. The van der Waals surface area contributed by atoms with Gasteiger partial charge in [0.1, 0.15) is 11.6 Å². The van der Waals surface area contributed by atoms with E-state index < -0.39 is 53.4 Å². The number of aliphatic hydroxyl groups excluding tert-OH is 1. The van der Waals surface area contributed by atoms with Gasteiger partial charge in [0.15, 0.2) is 0 Å². The van der Waals surface area contributed by atoms with Gasteiger partial charge in [-0.05, 0) is 37.3 Å². The van der Waals surface area contributed by atoms with Gasteiger partial charge in [-0.25, -0.2) is 0 Å². The minimum Gasteiger partial charge on any atom is -0.481 e. The van der Waals surface area contributed by atoms with Gasteiger partial charge in [0.25, 0.3) is 5.91 Å². The van der Waals surface area contributed by atoms with Gasteiger partial charge < -0.3 is 24.7 Å². The maximum Gasteiger partial charge on any atom is 0.310 e. The second-order valence-corrected chi connectivity index (χ2v) is 10.2. The Morgan fingerprint density at radius 2 is 2.12 bits per heavy atom. The molecule has 1 aromatic carbocycles. The van der Waals surface area contributed by atoms with E-state index in [4.69, 9.17) is 16.3 Å². The van der Waals surface area contributed by atoms with Crippen molar-refractivity contribution in [3.63, 3.8) is 0 Å². The van der Waals surface area contributed by atoms with Crippen LogP contribution in [-0.4, -0.2) is 69.8 Å². The number of fused-ring (bicyclic) bond motifs is 1. The number of likely N-dealkylation sites (tertiary alicyclic amines) is 1. The van der Waals surface area contributed by atoms with Crippen molar-refractivity contribution in [1.82, 2.24) is 4.90 Å². The Labute approximate surface area is 204 Å². The first-order chi connectivity index (χ1) is 16.1. The molecule has 3 aliphatic heterocycles. The maximum absolute atomic E-state index is 14.4. The summed E-state index contributed by atoms with van der Waals surface area (Å²) in [6.07, 6.45) is 1.81. The van der Waals surface area contributed by atoms with Crippen LogP contribution >= 0.6 is 11.6 Å². The Bertz CT molecular complexity index is 1010. The van der Waals surface area contributed by atoms with Crippen molar-refractivity contribution in [2.75, 3.05) is 18.1 Å². The Balaban J connectivity index is 1.88. The lowest BCUT2D eigenvalue weighted by atomic mass is 9.70. The lowest BCUT2D eigenvalue weighted by Gasteiger charge is -2.40. The Morgan fingerprint density at radius 1 is 1.41 bits per heavy atom. The number of carboxylic acids is 1. The number of para-hydroxylation sites is 1. The van der Waals surface area contributed by atoms with Gasteiger partial charge in [-0.15, -0.1) is 6.58 Å². The average molecular weight is 491 g/mol. The molecule has 0 saturated carbocycles. The predicted octanol–water partition coefficient (Wildman–Crippen LogP) is 2.64. The number of carbonyl (C=O) groups excluding carboxylic acids is 2. The minimum atomic E-state index is -1.27. The van der Waals surface area contributed by atoms with Gasteiger partial charge in [0.2, 0.25) is 5.91 Å². The van der Waals surface area contributed by atoms with Gasteiger partial charge in [0.05, 0.1) is 41.3 Å². The van der Waals surface area contributed by atoms with E-state index in [1.807, 2.05) is 26.8 Å². The number of anilines is 1. The molecule has 3 aliphatic rings. The zero-order valence-corrected chi connectivity index (χ0v) is 20.4. The number of aryl methyl sites for hydroxylation is 1. The van der Waals surface area contributed by atoms with Crippen LogP contribution in [0, 0.1) is 24.7 Å². The molecule has 3 saturated heterocycles. The molecular weight excluding hydrogens is 460 g/mol. The first-order valence-electron chi connectivity index (χ1n) is 11.6. The molecule has 184 valence electrons. The fraction of sp³-hybridized carbons (Fsp3) is 0.560. The molecule has 34 heavy (non-hydrogen) atoms. The molecular formula is C25H31ClN2O6. The number of carbonyl (C=O) groups is 3. The van der Waals surface area contributed by atoms with Crippen LogP contribution in [-0.2, 0) is 19.1 Å². The lowest BCUT2D eigenvalue weighted by molar-refractivity contribution is -0.151. The summed E-state index contributed by atoms with van der Waals surface area (Å²) in [6, 6.07) is 3.56. The molecule has 2 bridgehead atoms. The Hall–Kier alpha value is -2.42. The summed E-state index contributed by atoms with van der Waals surface area (Å²) in [7, 11) is 0. The predicted molar refractivity (Wildman–Crippen MR) is 127 cm³/mol. The molecule has 1 aromatic rings. The van der Waals surface area contributed by atoms with Gasteiger partial charge in [-0.3, -0.25) is 14.4 Å². The SMILES string of the molecule is C=CCN(C(=O)[C@H]1N([C@@H](CO)C(C)C)C(=O)[C@@H]2[C@@H](C(=O)O)[C@H]3CC[C@]21O3)c1c(C)cccc1Cl. The van der Waals surface area contributed by atoms with E-state index in [1.165, 1.54) is 9.80 Å². The molecule has 6 atom stereocenters. The molecule has 8 nitrogen and oxygen atoms in total. The molecule has 0 radical (unpaired) electrons. The molecule has 1 spiro atoms. The van der Waals surface area contributed by atoms with E-state index in [-0.39, 0.29) is 19.1 Å². The van der Waals surface area contributed by atoms with Gasteiger partial charge >= 0.3 is 5.97 Å². The van der Waals surface area contributed by atoms with E-state index in [1.54, 1.807) is 18.2 Å². The smallest absolute Gasteiger partial charge is 0.310 e. The van der Waals surface area contributed by atoms with E-state index in [2.05, 4.69) is 6.58 Å². The molecule has 0 aromatic heterocycles. The van der Waals surface area contributed by atoms with Crippen LogP contribution < -0.4 is 4.90 Å². The van der Waals surface area contributed by atoms with Crippen molar-refractivity contribution in [2.24, 2.45) is 17.8 Å². The summed E-state index contributed by atoms with van der Waals surface area (Å²) in [6.45, 7) is 9.12. The molecule has 0 aliphatic carbocycles. The van der Waals surface area contributed by atoms with Crippen molar-refractivity contribution in [3.05, 3.63) is 41.4 Å². The van der Waals surface area contributed by atoms with Gasteiger partial charge in [-0.1, -0.05) is 43.7 Å². The largest absolute Gasteiger partial charge is 0.481 e. The number of halogens is 1. The number of aliphatic carboxylic acids is 1. The Kier molecular flexibility index (Phi) is 6.52. The number of hydrogen-bond donors (Lipinski definition) is 2. The summed E-state index contributed by atoms with van der Waals surface area (Å²) in [5.74, 6) is -4.15. The third-order valence-electron chi connectivity index (χ3n) is 7.61. The van der Waals surface area contributed by atoms with E-state index in [0.717, 1.165) is 5.56 Å². The first kappa shape index (κ1) is 24.7. The van der Waals surface area contributed by atoms with Crippen LogP contribution in [0.3, 0.4) is 0 Å².